The number of aromatic nitrogens is 2. The van der Waals surface area contributed by atoms with E-state index >= 15 is 0 Å². The van der Waals surface area contributed by atoms with E-state index in [1.54, 1.807) is 16.8 Å². The minimum atomic E-state index is -0.796. The summed E-state index contributed by atoms with van der Waals surface area (Å²) in [6, 6.07) is 12.1. The van der Waals surface area contributed by atoms with Gasteiger partial charge in [0.1, 0.15) is 17.6 Å². The van der Waals surface area contributed by atoms with E-state index in [-0.39, 0.29) is 11.3 Å². The van der Waals surface area contributed by atoms with Crippen molar-refractivity contribution >= 4 is 17.4 Å². The highest BCUT2D eigenvalue weighted by Gasteiger charge is 2.47. The first-order valence-corrected chi connectivity index (χ1v) is 11.1. The van der Waals surface area contributed by atoms with Gasteiger partial charge in [-0.25, -0.2) is 4.68 Å². The van der Waals surface area contributed by atoms with Crippen molar-refractivity contribution in [3.8, 4) is 5.69 Å². The third kappa shape index (κ3) is 4.09. The monoisotopic (exact) mass is 448 g/mol. The van der Waals surface area contributed by atoms with Gasteiger partial charge in [0.2, 0.25) is 0 Å². The van der Waals surface area contributed by atoms with Crippen LogP contribution in [0, 0.1) is 6.92 Å². The van der Waals surface area contributed by atoms with Crippen molar-refractivity contribution in [1.82, 2.24) is 19.6 Å². The molecule has 1 atom stereocenters. The van der Waals surface area contributed by atoms with Crippen LogP contribution in [0.1, 0.15) is 36.9 Å². The molecule has 1 N–H and O–H groups in total. The lowest BCUT2D eigenvalue weighted by atomic mass is 9.99. The first-order chi connectivity index (χ1) is 16.0. The molecule has 1 fully saturated rings. The number of aliphatic hydroxyl groups excluding tert-OH is 1. The van der Waals surface area contributed by atoms with Crippen LogP contribution in [-0.4, -0.2) is 62.6 Å². The Morgan fingerprint density at radius 1 is 1.12 bits per heavy atom. The number of para-hydroxylation sites is 1. The molecule has 1 saturated heterocycles. The van der Waals surface area contributed by atoms with Crippen molar-refractivity contribution in [2.75, 3.05) is 26.2 Å². The molecule has 1 amide bonds. The van der Waals surface area contributed by atoms with Gasteiger partial charge in [-0.15, -0.1) is 0 Å². The number of rotatable bonds is 8. The zero-order chi connectivity index (χ0) is 23.5. The molecule has 8 nitrogen and oxygen atoms in total. The molecule has 0 bridgehead atoms. The van der Waals surface area contributed by atoms with E-state index in [4.69, 9.17) is 4.42 Å². The molecule has 1 aliphatic rings. The van der Waals surface area contributed by atoms with Gasteiger partial charge in [0.05, 0.1) is 35.0 Å². The second-order valence-corrected chi connectivity index (χ2v) is 7.93. The SMILES string of the molecule is CCN(CC)CCN1C(=O)C(=O)/C(=C(/O)c2cnn(-c3ccccc3)c2C)C1c1ccco1. The highest BCUT2D eigenvalue weighted by Crippen LogP contribution is 2.40. The van der Waals surface area contributed by atoms with Gasteiger partial charge in [0.15, 0.2) is 0 Å². The predicted octanol–water partition coefficient (Wildman–Crippen LogP) is 3.54. The number of hydrogen-bond acceptors (Lipinski definition) is 6. The van der Waals surface area contributed by atoms with Gasteiger partial charge in [-0.3, -0.25) is 9.59 Å². The normalized spacial score (nSPS) is 17.9. The molecule has 1 unspecified atom stereocenters. The number of Topliss-reactive ketones (excluding diaryl/α,β-unsaturated/α-hetero) is 1. The molecule has 0 spiro atoms. The highest BCUT2D eigenvalue weighted by atomic mass is 16.3. The Morgan fingerprint density at radius 2 is 1.85 bits per heavy atom. The average Bonchev–Trinajstić information content (AvgIpc) is 3.55. The van der Waals surface area contributed by atoms with E-state index in [1.165, 1.54) is 17.4 Å². The third-order valence-electron chi connectivity index (χ3n) is 6.17. The van der Waals surface area contributed by atoms with Crippen molar-refractivity contribution in [3.63, 3.8) is 0 Å². The van der Waals surface area contributed by atoms with Gasteiger partial charge in [-0.05, 0) is 44.3 Å². The van der Waals surface area contributed by atoms with Crippen LogP contribution in [0.2, 0.25) is 0 Å². The van der Waals surface area contributed by atoms with Gasteiger partial charge in [-0.1, -0.05) is 32.0 Å². The summed E-state index contributed by atoms with van der Waals surface area (Å²) in [5.74, 6) is -1.18. The molecule has 1 aliphatic heterocycles. The third-order valence-corrected chi connectivity index (χ3v) is 6.17. The standard InChI is InChI=1S/C25H28N4O4/c1-4-27(5-2)13-14-28-22(20-12-9-15-33-20)21(24(31)25(28)32)23(30)19-16-26-29(17(19)3)18-10-7-6-8-11-18/h6-12,15-16,22,30H,4-5,13-14H2,1-3H3/b23-21+. The number of carbonyl (C=O) groups excluding carboxylic acids is 2. The van der Waals surface area contributed by atoms with Crippen LogP contribution >= 0.6 is 0 Å². The van der Waals surface area contributed by atoms with Crippen molar-refractivity contribution < 1.29 is 19.1 Å². The second kappa shape index (κ2) is 9.46. The average molecular weight is 449 g/mol. The fourth-order valence-electron chi connectivity index (χ4n) is 4.26. The summed E-state index contributed by atoms with van der Waals surface area (Å²) in [5.41, 5.74) is 1.91. The second-order valence-electron chi connectivity index (χ2n) is 7.93. The number of benzene rings is 1. The Labute approximate surface area is 192 Å². The van der Waals surface area contributed by atoms with Gasteiger partial charge >= 0.3 is 0 Å². The van der Waals surface area contributed by atoms with E-state index in [1.807, 2.05) is 37.3 Å². The lowest BCUT2D eigenvalue weighted by Gasteiger charge is -2.26. The highest BCUT2D eigenvalue weighted by molar-refractivity contribution is 6.46. The van der Waals surface area contributed by atoms with Crippen LogP contribution in [-0.2, 0) is 9.59 Å². The molecular weight excluding hydrogens is 420 g/mol. The van der Waals surface area contributed by atoms with Crippen molar-refractivity contribution in [1.29, 1.82) is 0 Å². The fraction of sp³-hybridized carbons (Fsp3) is 0.320. The zero-order valence-corrected chi connectivity index (χ0v) is 19.1. The van der Waals surface area contributed by atoms with Crippen LogP contribution in [0.5, 0.6) is 0 Å². The Hall–Kier alpha value is -3.65. The Kier molecular flexibility index (Phi) is 6.46. The lowest BCUT2D eigenvalue weighted by molar-refractivity contribution is -0.140. The molecule has 0 saturated carbocycles. The number of likely N-dealkylation sites (tertiary alicyclic amines) is 1. The molecule has 3 aromatic rings. The number of hydrogen-bond donors (Lipinski definition) is 1. The topological polar surface area (TPSA) is 91.8 Å². The minimum Gasteiger partial charge on any atom is -0.507 e. The summed E-state index contributed by atoms with van der Waals surface area (Å²) >= 11 is 0. The van der Waals surface area contributed by atoms with E-state index < -0.39 is 17.7 Å². The zero-order valence-electron chi connectivity index (χ0n) is 19.1. The van der Waals surface area contributed by atoms with E-state index in [0.29, 0.717) is 30.1 Å². The number of aliphatic hydroxyl groups is 1. The van der Waals surface area contributed by atoms with E-state index in [9.17, 15) is 14.7 Å². The van der Waals surface area contributed by atoms with E-state index in [2.05, 4.69) is 23.8 Å². The molecule has 0 radical (unpaired) electrons. The van der Waals surface area contributed by atoms with Crippen molar-refractivity contribution in [2.24, 2.45) is 0 Å². The van der Waals surface area contributed by atoms with Gasteiger partial charge < -0.3 is 19.3 Å². The number of amides is 1. The Morgan fingerprint density at radius 3 is 2.48 bits per heavy atom. The van der Waals surface area contributed by atoms with Crippen molar-refractivity contribution in [2.45, 2.75) is 26.8 Å². The summed E-state index contributed by atoms with van der Waals surface area (Å²) in [4.78, 5) is 29.8. The molecule has 1 aromatic carbocycles. The molecule has 2 aromatic heterocycles. The van der Waals surface area contributed by atoms with Crippen LogP contribution in [0.3, 0.4) is 0 Å². The van der Waals surface area contributed by atoms with E-state index in [0.717, 1.165) is 18.8 Å². The number of carbonyl (C=O) groups is 2. The van der Waals surface area contributed by atoms with Crippen LogP contribution in [0.15, 0.2) is 64.9 Å². The molecule has 33 heavy (non-hydrogen) atoms. The number of likely N-dealkylation sites (N-methyl/N-ethyl adjacent to an activating group) is 1. The lowest BCUT2D eigenvalue weighted by Crippen LogP contribution is -2.37. The molecular formula is C25H28N4O4. The van der Waals surface area contributed by atoms with Crippen LogP contribution in [0.4, 0.5) is 0 Å². The molecule has 0 aliphatic carbocycles. The van der Waals surface area contributed by atoms with Gasteiger partial charge in [0.25, 0.3) is 11.7 Å². The summed E-state index contributed by atoms with van der Waals surface area (Å²) < 4.78 is 7.29. The van der Waals surface area contributed by atoms with Crippen LogP contribution < -0.4 is 0 Å². The summed E-state index contributed by atoms with van der Waals surface area (Å²) in [6.07, 6.45) is 3.01. The summed E-state index contributed by atoms with van der Waals surface area (Å²) in [7, 11) is 0. The summed E-state index contributed by atoms with van der Waals surface area (Å²) in [6.45, 7) is 8.54. The quantitative estimate of drug-likeness (QED) is 0.322. The Balaban J connectivity index is 1.77. The van der Waals surface area contributed by atoms with Crippen LogP contribution in [0.25, 0.3) is 11.4 Å². The molecule has 3 heterocycles. The maximum absolute atomic E-state index is 13.1. The minimum absolute atomic E-state index is 0.0187. The summed E-state index contributed by atoms with van der Waals surface area (Å²) in [5, 5.41) is 15.7. The number of ketones is 1. The number of nitrogens with zero attached hydrogens (tertiary/aromatic N) is 4. The molecule has 172 valence electrons. The number of furan rings is 1. The first-order valence-electron chi connectivity index (χ1n) is 11.1. The first kappa shape index (κ1) is 22.5. The van der Waals surface area contributed by atoms with Crippen molar-refractivity contribution in [3.05, 3.63) is 77.5 Å². The Bertz CT molecular complexity index is 1160. The maximum Gasteiger partial charge on any atom is 0.295 e. The fourth-order valence-corrected chi connectivity index (χ4v) is 4.26. The van der Waals surface area contributed by atoms with Gasteiger partial charge in [0, 0.05) is 13.1 Å². The maximum atomic E-state index is 13.1. The molecule has 8 heteroatoms. The van der Waals surface area contributed by atoms with Gasteiger partial charge in [-0.2, -0.15) is 5.10 Å². The smallest absolute Gasteiger partial charge is 0.295 e. The largest absolute Gasteiger partial charge is 0.507 e. The predicted molar refractivity (Wildman–Crippen MR) is 124 cm³/mol. The molecule has 4 rings (SSSR count).